The maximum absolute atomic E-state index is 11.7. The van der Waals surface area contributed by atoms with E-state index < -0.39 is 0 Å². The molecule has 3 nitrogen and oxygen atoms in total. The number of halogens is 1. The summed E-state index contributed by atoms with van der Waals surface area (Å²) in [6, 6.07) is 14.5. The van der Waals surface area contributed by atoms with Crippen LogP contribution in [-0.4, -0.2) is 13.1 Å². The van der Waals surface area contributed by atoms with Crippen molar-refractivity contribution in [3.05, 3.63) is 59.1 Å². The summed E-state index contributed by atoms with van der Waals surface area (Å²) in [6.45, 7) is 1.79. The summed E-state index contributed by atoms with van der Waals surface area (Å²) in [7, 11) is 1.38. The molecule has 1 atom stereocenters. The zero-order valence-electron chi connectivity index (χ0n) is 11.3. The van der Waals surface area contributed by atoms with Gasteiger partial charge in [-0.1, -0.05) is 29.8 Å². The number of benzene rings is 2. The van der Waals surface area contributed by atoms with Gasteiger partial charge in [0.1, 0.15) is 11.5 Å². The number of ether oxygens (including phenoxy) is 2. The van der Waals surface area contributed by atoms with Crippen molar-refractivity contribution in [3.63, 3.8) is 0 Å². The first kappa shape index (κ1) is 14.4. The van der Waals surface area contributed by atoms with E-state index in [1.807, 2.05) is 24.3 Å². The maximum atomic E-state index is 11.7. The van der Waals surface area contributed by atoms with E-state index in [0.717, 1.165) is 5.56 Å². The van der Waals surface area contributed by atoms with Crippen LogP contribution in [0.25, 0.3) is 0 Å². The van der Waals surface area contributed by atoms with E-state index in [1.54, 1.807) is 31.2 Å². The normalized spacial score (nSPS) is 11.8. The monoisotopic (exact) mass is 290 g/mol. The Kier molecular flexibility index (Phi) is 4.64. The number of hydrogen-bond donors (Lipinski definition) is 0. The molecule has 0 aliphatic carbocycles. The van der Waals surface area contributed by atoms with Gasteiger partial charge in [0.15, 0.2) is 0 Å². The van der Waals surface area contributed by atoms with Crippen molar-refractivity contribution in [2.45, 2.75) is 12.8 Å². The Morgan fingerprint density at radius 3 is 2.40 bits per heavy atom. The van der Waals surface area contributed by atoms with Gasteiger partial charge >= 0.3 is 5.97 Å². The molecule has 1 unspecified atom stereocenters. The van der Waals surface area contributed by atoms with Crippen molar-refractivity contribution in [3.8, 4) is 11.5 Å². The van der Waals surface area contributed by atoms with E-state index >= 15 is 0 Å². The molecule has 0 aromatic heterocycles. The minimum absolute atomic E-state index is 0.294. The van der Waals surface area contributed by atoms with E-state index in [0.29, 0.717) is 16.5 Å². The summed E-state index contributed by atoms with van der Waals surface area (Å²) in [5.74, 6) is 0.618. The fraction of sp³-hybridized carbons (Fsp3) is 0.188. The zero-order chi connectivity index (χ0) is 14.5. The molecule has 2 rings (SSSR count). The predicted molar refractivity (Wildman–Crippen MR) is 78.4 cm³/mol. The zero-order valence-corrected chi connectivity index (χ0v) is 12.1. The lowest BCUT2D eigenvalue weighted by Crippen LogP contribution is -2.11. The van der Waals surface area contributed by atoms with Gasteiger partial charge in [-0.3, -0.25) is 4.79 Å². The highest BCUT2D eigenvalue weighted by molar-refractivity contribution is 6.30. The minimum Gasteiger partial charge on any atom is -0.469 e. The highest BCUT2D eigenvalue weighted by Gasteiger charge is 2.19. The second-order valence-electron chi connectivity index (χ2n) is 4.34. The quantitative estimate of drug-likeness (QED) is 0.783. The van der Waals surface area contributed by atoms with E-state index in [2.05, 4.69) is 0 Å². The highest BCUT2D eigenvalue weighted by atomic mass is 35.5. The lowest BCUT2D eigenvalue weighted by atomic mass is 10.0. The summed E-state index contributed by atoms with van der Waals surface area (Å²) in [6.07, 6.45) is 0. The molecule has 0 bridgehead atoms. The lowest BCUT2D eigenvalue weighted by molar-refractivity contribution is -0.142. The standard InChI is InChI=1S/C16H15ClO3/c1-11(16(18)19-2)14-5-3-4-6-15(14)20-13-9-7-12(17)8-10-13/h3-11H,1-2H3. The van der Waals surface area contributed by atoms with Gasteiger partial charge in [0.2, 0.25) is 0 Å². The third kappa shape index (κ3) is 3.31. The molecule has 0 saturated carbocycles. The summed E-state index contributed by atoms with van der Waals surface area (Å²) < 4.78 is 10.6. The first-order valence-corrected chi connectivity index (χ1v) is 6.60. The van der Waals surface area contributed by atoms with Crippen molar-refractivity contribution in [1.82, 2.24) is 0 Å². The van der Waals surface area contributed by atoms with E-state index in [1.165, 1.54) is 7.11 Å². The average Bonchev–Trinajstić information content (AvgIpc) is 2.48. The molecular weight excluding hydrogens is 276 g/mol. The Bertz CT molecular complexity index is 593. The first-order valence-electron chi connectivity index (χ1n) is 6.22. The Morgan fingerprint density at radius 1 is 1.10 bits per heavy atom. The molecule has 0 heterocycles. The van der Waals surface area contributed by atoms with Crippen molar-refractivity contribution in [2.24, 2.45) is 0 Å². The first-order chi connectivity index (χ1) is 9.61. The molecule has 0 saturated heterocycles. The average molecular weight is 291 g/mol. The molecular formula is C16H15ClO3. The van der Waals surface area contributed by atoms with Crippen LogP contribution in [0.15, 0.2) is 48.5 Å². The molecule has 0 radical (unpaired) electrons. The van der Waals surface area contributed by atoms with Crippen LogP contribution in [0.2, 0.25) is 5.02 Å². The molecule has 4 heteroatoms. The predicted octanol–water partition coefficient (Wildman–Crippen LogP) is 4.41. The Morgan fingerprint density at radius 2 is 1.75 bits per heavy atom. The number of carbonyl (C=O) groups is 1. The maximum Gasteiger partial charge on any atom is 0.312 e. The second kappa shape index (κ2) is 6.44. The van der Waals surface area contributed by atoms with E-state index in [-0.39, 0.29) is 11.9 Å². The summed E-state index contributed by atoms with van der Waals surface area (Å²) in [5, 5.41) is 0.647. The smallest absolute Gasteiger partial charge is 0.312 e. The van der Waals surface area contributed by atoms with Crippen LogP contribution in [0, 0.1) is 0 Å². The van der Waals surface area contributed by atoms with Crippen molar-refractivity contribution < 1.29 is 14.3 Å². The van der Waals surface area contributed by atoms with Crippen LogP contribution in [-0.2, 0) is 9.53 Å². The third-order valence-corrected chi connectivity index (χ3v) is 3.23. The van der Waals surface area contributed by atoms with Crippen LogP contribution in [0.1, 0.15) is 18.4 Å². The molecule has 0 aliphatic rings. The number of carbonyl (C=O) groups excluding carboxylic acids is 1. The van der Waals surface area contributed by atoms with Gasteiger partial charge in [-0.25, -0.2) is 0 Å². The van der Waals surface area contributed by atoms with Gasteiger partial charge < -0.3 is 9.47 Å². The van der Waals surface area contributed by atoms with Gasteiger partial charge in [-0.15, -0.1) is 0 Å². The fourth-order valence-corrected chi connectivity index (χ4v) is 1.99. The number of methoxy groups -OCH3 is 1. The van der Waals surface area contributed by atoms with Crippen LogP contribution in [0.3, 0.4) is 0 Å². The SMILES string of the molecule is COC(=O)C(C)c1ccccc1Oc1ccc(Cl)cc1. The Labute approximate surface area is 123 Å². The Balaban J connectivity index is 2.28. The van der Waals surface area contributed by atoms with Crippen molar-refractivity contribution in [1.29, 1.82) is 0 Å². The second-order valence-corrected chi connectivity index (χ2v) is 4.78. The number of esters is 1. The van der Waals surface area contributed by atoms with Gasteiger partial charge in [-0.2, -0.15) is 0 Å². The topological polar surface area (TPSA) is 35.5 Å². The fourth-order valence-electron chi connectivity index (χ4n) is 1.86. The van der Waals surface area contributed by atoms with E-state index in [9.17, 15) is 4.79 Å². The third-order valence-electron chi connectivity index (χ3n) is 2.98. The molecule has 104 valence electrons. The van der Waals surface area contributed by atoms with Crippen molar-refractivity contribution >= 4 is 17.6 Å². The van der Waals surface area contributed by atoms with Gasteiger partial charge in [0, 0.05) is 10.6 Å². The van der Waals surface area contributed by atoms with Gasteiger partial charge in [0.25, 0.3) is 0 Å². The summed E-state index contributed by atoms with van der Waals surface area (Å²) in [5.41, 5.74) is 0.786. The van der Waals surface area contributed by atoms with Crippen molar-refractivity contribution in [2.75, 3.05) is 7.11 Å². The lowest BCUT2D eigenvalue weighted by Gasteiger charge is -2.15. The van der Waals surface area contributed by atoms with Gasteiger partial charge in [0.05, 0.1) is 13.0 Å². The molecule has 0 aliphatic heterocycles. The summed E-state index contributed by atoms with van der Waals surface area (Å²) in [4.78, 5) is 11.7. The van der Waals surface area contributed by atoms with Crippen LogP contribution >= 0.6 is 11.6 Å². The van der Waals surface area contributed by atoms with Crippen LogP contribution < -0.4 is 4.74 Å². The molecule has 0 spiro atoms. The number of para-hydroxylation sites is 1. The van der Waals surface area contributed by atoms with Crippen LogP contribution in [0.4, 0.5) is 0 Å². The van der Waals surface area contributed by atoms with Gasteiger partial charge in [-0.05, 0) is 37.3 Å². The molecule has 0 fully saturated rings. The molecule has 0 N–H and O–H groups in total. The van der Waals surface area contributed by atoms with Crippen LogP contribution in [0.5, 0.6) is 11.5 Å². The van der Waals surface area contributed by atoms with E-state index in [4.69, 9.17) is 21.1 Å². The summed E-state index contributed by atoms with van der Waals surface area (Å²) >= 11 is 5.84. The highest BCUT2D eigenvalue weighted by Crippen LogP contribution is 2.31. The molecule has 2 aromatic carbocycles. The number of hydrogen-bond acceptors (Lipinski definition) is 3. The molecule has 20 heavy (non-hydrogen) atoms. The molecule has 0 amide bonds. The largest absolute Gasteiger partial charge is 0.469 e. The Hall–Kier alpha value is -2.00. The minimum atomic E-state index is -0.386. The molecule has 2 aromatic rings. The number of rotatable bonds is 4.